The molecule has 182 valence electrons. The van der Waals surface area contributed by atoms with Crippen molar-refractivity contribution in [3.05, 3.63) is 0 Å². The lowest BCUT2D eigenvalue weighted by molar-refractivity contribution is -0.331. The molecule has 3 fully saturated rings. The third-order valence-corrected chi connectivity index (χ3v) is 6.56. The van der Waals surface area contributed by atoms with Crippen LogP contribution in [0.2, 0.25) is 0 Å². The number of hydroxylamine groups is 2. The normalized spacial score (nSPS) is 28.3. The van der Waals surface area contributed by atoms with Crippen molar-refractivity contribution < 1.29 is 32.7 Å². The molecule has 3 amide bonds. The molecule has 2 saturated heterocycles. The van der Waals surface area contributed by atoms with Gasteiger partial charge in [0.25, 0.3) is 0 Å². The molecule has 2 heterocycles. The maximum absolute atomic E-state index is 14.5. The van der Waals surface area contributed by atoms with Gasteiger partial charge in [0.15, 0.2) is 0 Å². The minimum Gasteiger partial charge on any atom is -0.456 e. The summed E-state index contributed by atoms with van der Waals surface area (Å²) in [5.74, 6) is -2.49. The van der Waals surface area contributed by atoms with Crippen LogP contribution in [0, 0.1) is 0 Å². The van der Waals surface area contributed by atoms with Crippen LogP contribution in [-0.2, 0) is 19.2 Å². The molecule has 0 aromatic heterocycles. The Hall–Kier alpha value is -2.01. The van der Waals surface area contributed by atoms with Crippen LogP contribution in [-0.4, -0.2) is 82.7 Å². The molecule has 0 unspecified atom stereocenters. The molecule has 2 atom stereocenters. The topological polar surface area (TPSA) is 105 Å². The Bertz CT molecular complexity index is 696. The van der Waals surface area contributed by atoms with Crippen molar-refractivity contribution in [2.45, 2.75) is 95.6 Å². The number of rotatable bonds is 10. The number of fused-ring (bicyclic) bond motifs is 2. The number of esters is 1. The van der Waals surface area contributed by atoms with Crippen molar-refractivity contribution in [3.63, 3.8) is 0 Å². The quantitative estimate of drug-likeness (QED) is 0.502. The lowest BCUT2D eigenvalue weighted by Crippen LogP contribution is -2.48. The molecular weight excluding hydrogens is 426 g/mol. The second-order valence-electron chi connectivity index (χ2n) is 8.89. The minimum atomic E-state index is -4.30. The summed E-state index contributed by atoms with van der Waals surface area (Å²) in [6.07, 6.45) is 0.305. The number of hydrogen-bond acceptors (Lipinski definition) is 6. The summed E-state index contributed by atoms with van der Waals surface area (Å²) in [4.78, 5) is 44.2. The number of halogens is 2. The summed E-state index contributed by atoms with van der Waals surface area (Å²) in [6.45, 7) is 6.29. The van der Waals surface area contributed by atoms with Crippen LogP contribution in [0.5, 0.6) is 0 Å². The highest BCUT2D eigenvalue weighted by Gasteiger charge is 2.54. The molecule has 11 heteroatoms. The molecule has 2 aliphatic heterocycles. The summed E-state index contributed by atoms with van der Waals surface area (Å²) in [6, 6.07) is -2.05. The van der Waals surface area contributed by atoms with E-state index >= 15 is 0 Å². The summed E-state index contributed by atoms with van der Waals surface area (Å²) in [5, 5.41) is 0.495. The Labute approximate surface area is 187 Å². The highest BCUT2D eigenvalue weighted by molar-refractivity contribution is 5.87. The Morgan fingerprint density at radius 1 is 1.09 bits per heavy atom. The first-order valence-electron chi connectivity index (χ1n) is 11.6. The minimum absolute atomic E-state index is 0.0492. The van der Waals surface area contributed by atoms with E-state index in [1.54, 1.807) is 0 Å². The van der Waals surface area contributed by atoms with E-state index in [-0.39, 0.29) is 19.4 Å². The number of primary amides is 1. The number of nitrogens with two attached hydrogens (primary N) is 1. The second-order valence-corrected chi connectivity index (χ2v) is 8.89. The number of nitrogens with zero attached hydrogens (tertiary/aromatic N) is 3. The predicted molar refractivity (Wildman–Crippen MR) is 110 cm³/mol. The number of ether oxygens (including phenoxy) is 1. The molecule has 1 aliphatic carbocycles. The van der Waals surface area contributed by atoms with Gasteiger partial charge in [0, 0.05) is 12.6 Å². The summed E-state index contributed by atoms with van der Waals surface area (Å²) in [5.41, 5.74) is 5.28. The molecule has 3 aliphatic rings. The zero-order chi connectivity index (χ0) is 23.5. The van der Waals surface area contributed by atoms with E-state index in [0.717, 1.165) is 43.7 Å². The van der Waals surface area contributed by atoms with E-state index in [2.05, 4.69) is 23.6 Å². The first-order chi connectivity index (χ1) is 15.2. The molecule has 9 nitrogen and oxygen atoms in total. The molecule has 1 saturated carbocycles. The molecule has 3 rings (SSSR count). The average Bonchev–Trinajstić information content (AvgIpc) is 2.98. The third-order valence-electron chi connectivity index (χ3n) is 6.56. The van der Waals surface area contributed by atoms with Crippen molar-refractivity contribution in [2.24, 2.45) is 5.73 Å². The van der Waals surface area contributed by atoms with Crippen molar-refractivity contribution in [3.8, 4) is 0 Å². The molecule has 0 aromatic rings. The molecular formula is C21H34F2N4O5. The highest BCUT2D eigenvalue weighted by atomic mass is 19.3. The molecule has 32 heavy (non-hydrogen) atoms. The van der Waals surface area contributed by atoms with Crippen LogP contribution in [0.3, 0.4) is 0 Å². The van der Waals surface area contributed by atoms with Gasteiger partial charge in [-0.05, 0) is 64.5 Å². The van der Waals surface area contributed by atoms with Crippen molar-refractivity contribution in [1.29, 1.82) is 0 Å². The predicted octanol–water partition coefficient (Wildman–Crippen LogP) is 2.24. The molecule has 0 radical (unpaired) electrons. The first kappa shape index (κ1) is 24.6. The van der Waals surface area contributed by atoms with Crippen LogP contribution in [0.1, 0.15) is 65.2 Å². The smallest absolute Gasteiger partial charge is 0.456 e. The summed E-state index contributed by atoms with van der Waals surface area (Å²) < 4.78 is 34.1. The Kier molecular flexibility index (Phi) is 7.92. The number of piperidine rings is 1. The second kappa shape index (κ2) is 10.3. The van der Waals surface area contributed by atoms with Crippen LogP contribution in [0.4, 0.5) is 13.6 Å². The Morgan fingerprint density at radius 3 is 2.28 bits per heavy atom. The first-order valence-corrected chi connectivity index (χ1v) is 11.6. The van der Waals surface area contributed by atoms with Crippen molar-refractivity contribution in [1.82, 2.24) is 14.9 Å². The molecule has 2 N–H and O–H groups in total. The van der Waals surface area contributed by atoms with Crippen LogP contribution in [0.25, 0.3) is 0 Å². The monoisotopic (exact) mass is 460 g/mol. The summed E-state index contributed by atoms with van der Waals surface area (Å²) in [7, 11) is 0. The lowest BCUT2D eigenvalue weighted by Gasteiger charge is -2.36. The van der Waals surface area contributed by atoms with Gasteiger partial charge >= 0.3 is 18.1 Å². The van der Waals surface area contributed by atoms with Gasteiger partial charge in [-0.15, -0.1) is 0 Å². The van der Waals surface area contributed by atoms with E-state index < -0.39 is 42.2 Å². The highest BCUT2D eigenvalue weighted by Crippen LogP contribution is 2.34. The van der Waals surface area contributed by atoms with E-state index in [4.69, 9.17) is 10.5 Å². The maximum atomic E-state index is 14.5. The van der Waals surface area contributed by atoms with Gasteiger partial charge in [0.1, 0.15) is 12.1 Å². The van der Waals surface area contributed by atoms with Crippen molar-refractivity contribution >= 4 is 17.9 Å². The zero-order valence-corrected chi connectivity index (χ0v) is 18.8. The van der Waals surface area contributed by atoms with E-state index in [1.165, 1.54) is 0 Å². The standard InChI is InChI=1S/C21H34F2N4O5/c1-3-11-25(12-4-2)14-5-8-16(9-6-14)31-19(29)21(22,23)32-27-15-7-10-17(18(24)28)26(13-15)20(27)30/h14-17H,3-13H2,1-2H3,(H2,24,28)/t14-,15-,16-,17+/m1/s1. The molecule has 2 bridgehead atoms. The number of hydrogen-bond donors (Lipinski definition) is 1. The molecule has 0 spiro atoms. The van der Waals surface area contributed by atoms with Gasteiger partial charge in [-0.1, -0.05) is 13.8 Å². The van der Waals surface area contributed by atoms with Crippen molar-refractivity contribution in [2.75, 3.05) is 19.6 Å². The Morgan fingerprint density at radius 2 is 1.72 bits per heavy atom. The van der Waals surface area contributed by atoms with Gasteiger partial charge in [-0.25, -0.2) is 9.59 Å². The van der Waals surface area contributed by atoms with Gasteiger partial charge in [0.2, 0.25) is 5.91 Å². The van der Waals surface area contributed by atoms with E-state index in [0.29, 0.717) is 23.9 Å². The number of amides is 3. The maximum Gasteiger partial charge on any atom is 0.477 e. The largest absolute Gasteiger partial charge is 0.477 e. The zero-order valence-electron chi connectivity index (χ0n) is 18.8. The van der Waals surface area contributed by atoms with E-state index in [9.17, 15) is 23.2 Å². The van der Waals surface area contributed by atoms with Gasteiger partial charge in [-0.3, -0.25) is 4.79 Å². The number of carbonyl (C=O) groups excluding carboxylic acids is 3. The fourth-order valence-electron chi connectivity index (χ4n) is 5.01. The lowest BCUT2D eigenvalue weighted by atomic mass is 9.91. The SMILES string of the molecule is CCCN(CCC)[C@H]1CC[C@H](OC(=O)C(F)(F)ON2C(=O)N3C[C@H]2CC[C@H]3C(N)=O)CC1. The number of carbonyl (C=O) groups is 3. The third kappa shape index (κ3) is 5.31. The molecule has 0 aromatic carbocycles. The summed E-state index contributed by atoms with van der Waals surface area (Å²) >= 11 is 0. The van der Waals surface area contributed by atoms with Gasteiger partial charge in [-0.2, -0.15) is 18.7 Å². The average molecular weight is 461 g/mol. The Balaban J connectivity index is 1.52. The fraction of sp³-hybridized carbons (Fsp3) is 0.857. The van der Waals surface area contributed by atoms with Gasteiger partial charge in [0.05, 0.1) is 6.04 Å². The fourth-order valence-corrected chi connectivity index (χ4v) is 5.01. The van der Waals surface area contributed by atoms with Crippen LogP contribution in [0.15, 0.2) is 0 Å². The number of urea groups is 1. The van der Waals surface area contributed by atoms with Gasteiger partial charge < -0.3 is 20.3 Å². The van der Waals surface area contributed by atoms with E-state index in [1.807, 2.05) is 0 Å². The van der Waals surface area contributed by atoms with Crippen LogP contribution >= 0.6 is 0 Å². The number of alkyl halides is 2. The van der Waals surface area contributed by atoms with Crippen LogP contribution < -0.4 is 5.73 Å².